The lowest BCUT2D eigenvalue weighted by Gasteiger charge is -2.10. The maximum atomic E-state index is 10.1. The number of hydrogen-bond acceptors (Lipinski definition) is 2. The summed E-state index contributed by atoms with van der Waals surface area (Å²) in [6.07, 6.45) is -0.760. The molecule has 0 spiro atoms. The molecule has 2 rings (SSSR count). The van der Waals surface area contributed by atoms with E-state index in [2.05, 4.69) is 13.8 Å². The first-order chi connectivity index (χ1) is 8.08. The molecule has 0 bridgehead atoms. The van der Waals surface area contributed by atoms with Crippen LogP contribution in [0.25, 0.3) is 0 Å². The fraction of sp³-hybridized carbons (Fsp3) is 0.286. The predicted octanol–water partition coefficient (Wildman–Crippen LogP) is 4.14. The van der Waals surface area contributed by atoms with Gasteiger partial charge in [0.05, 0.1) is 0 Å². The van der Waals surface area contributed by atoms with Crippen LogP contribution in [0, 0.1) is 0 Å². The molecular weight excluding hydrogens is 236 g/mol. The van der Waals surface area contributed by atoms with Gasteiger partial charge in [0, 0.05) is 0 Å². The van der Waals surface area contributed by atoms with Crippen molar-refractivity contribution >= 4 is 11.6 Å². The molecule has 1 aromatic carbocycles. The zero-order valence-corrected chi connectivity index (χ0v) is 10.6. The highest BCUT2D eigenvalue weighted by Crippen LogP contribution is 2.26. The minimum Gasteiger partial charge on any atom is -0.447 e. The lowest BCUT2D eigenvalue weighted by molar-refractivity contribution is 0.189. The smallest absolute Gasteiger partial charge is 0.193 e. The SMILES string of the molecule is CC(C)c1ccc(C(O)c2ccc(Cl)o2)cc1. The highest BCUT2D eigenvalue weighted by molar-refractivity contribution is 6.28. The molecule has 0 saturated heterocycles. The molecule has 0 fully saturated rings. The topological polar surface area (TPSA) is 33.4 Å². The first kappa shape index (κ1) is 12.2. The number of benzene rings is 1. The molecule has 0 aliphatic heterocycles. The fourth-order valence-electron chi connectivity index (χ4n) is 1.70. The molecule has 2 nitrogen and oxygen atoms in total. The molecule has 1 unspecified atom stereocenters. The third-order valence-electron chi connectivity index (χ3n) is 2.78. The Labute approximate surface area is 106 Å². The number of halogens is 1. The fourth-order valence-corrected chi connectivity index (χ4v) is 1.85. The lowest BCUT2D eigenvalue weighted by Crippen LogP contribution is -1.98. The monoisotopic (exact) mass is 250 g/mol. The number of rotatable bonds is 3. The maximum absolute atomic E-state index is 10.1. The van der Waals surface area contributed by atoms with Crippen LogP contribution >= 0.6 is 11.6 Å². The Morgan fingerprint density at radius 3 is 2.06 bits per heavy atom. The van der Waals surface area contributed by atoms with E-state index in [0.29, 0.717) is 11.7 Å². The number of hydrogen-bond donors (Lipinski definition) is 1. The average Bonchev–Trinajstić information content (AvgIpc) is 2.75. The molecule has 3 heteroatoms. The first-order valence-electron chi connectivity index (χ1n) is 5.61. The Balaban J connectivity index is 2.22. The summed E-state index contributed by atoms with van der Waals surface area (Å²) in [7, 11) is 0. The largest absolute Gasteiger partial charge is 0.447 e. The van der Waals surface area contributed by atoms with Crippen LogP contribution in [0.15, 0.2) is 40.8 Å². The van der Waals surface area contributed by atoms with Gasteiger partial charge < -0.3 is 9.52 Å². The molecule has 0 saturated carbocycles. The zero-order chi connectivity index (χ0) is 12.4. The molecule has 1 aromatic heterocycles. The second kappa shape index (κ2) is 4.94. The van der Waals surface area contributed by atoms with Crippen LogP contribution < -0.4 is 0 Å². The van der Waals surface area contributed by atoms with Gasteiger partial charge in [-0.25, -0.2) is 0 Å². The van der Waals surface area contributed by atoms with E-state index in [9.17, 15) is 5.11 Å². The van der Waals surface area contributed by atoms with Crippen LogP contribution in [-0.2, 0) is 0 Å². The minimum atomic E-state index is -0.760. The van der Waals surface area contributed by atoms with Crippen molar-refractivity contribution in [3.05, 3.63) is 58.5 Å². The summed E-state index contributed by atoms with van der Waals surface area (Å²) in [4.78, 5) is 0. The molecule has 1 heterocycles. The van der Waals surface area contributed by atoms with Crippen molar-refractivity contribution in [3.63, 3.8) is 0 Å². The lowest BCUT2D eigenvalue weighted by atomic mass is 9.99. The molecule has 0 radical (unpaired) electrons. The third-order valence-corrected chi connectivity index (χ3v) is 2.99. The quantitative estimate of drug-likeness (QED) is 0.888. The van der Waals surface area contributed by atoms with E-state index >= 15 is 0 Å². The van der Waals surface area contributed by atoms with Crippen molar-refractivity contribution in [3.8, 4) is 0 Å². The van der Waals surface area contributed by atoms with Crippen molar-refractivity contribution in [2.45, 2.75) is 25.9 Å². The van der Waals surface area contributed by atoms with E-state index in [1.165, 1.54) is 5.56 Å². The number of furan rings is 1. The molecule has 0 aliphatic carbocycles. The number of aliphatic hydroxyl groups excluding tert-OH is 1. The van der Waals surface area contributed by atoms with Crippen LogP contribution in [0.4, 0.5) is 0 Å². The third kappa shape index (κ3) is 2.71. The van der Waals surface area contributed by atoms with Gasteiger partial charge in [0.15, 0.2) is 5.22 Å². The molecule has 17 heavy (non-hydrogen) atoms. The van der Waals surface area contributed by atoms with Crippen molar-refractivity contribution in [2.24, 2.45) is 0 Å². The van der Waals surface area contributed by atoms with Gasteiger partial charge in [0.1, 0.15) is 11.9 Å². The summed E-state index contributed by atoms with van der Waals surface area (Å²) in [5, 5.41) is 10.4. The second-order valence-electron chi connectivity index (χ2n) is 4.37. The van der Waals surface area contributed by atoms with Gasteiger partial charge in [-0.2, -0.15) is 0 Å². The van der Waals surface area contributed by atoms with Crippen LogP contribution in [0.5, 0.6) is 0 Å². The Hall–Kier alpha value is -1.25. The van der Waals surface area contributed by atoms with Gasteiger partial charge in [-0.05, 0) is 40.8 Å². The van der Waals surface area contributed by atoms with Gasteiger partial charge in [0.2, 0.25) is 0 Å². The maximum Gasteiger partial charge on any atom is 0.193 e. The molecular formula is C14H15ClO2. The average molecular weight is 251 g/mol. The zero-order valence-electron chi connectivity index (χ0n) is 9.85. The van der Waals surface area contributed by atoms with Crippen molar-refractivity contribution in [1.82, 2.24) is 0 Å². The Kier molecular flexibility index (Phi) is 3.55. The van der Waals surface area contributed by atoms with E-state index in [1.807, 2.05) is 24.3 Å². The van der Waals surface area contributed by atoms with E-state index in [0.717, 1.165) is 5.56 Å². The Morgan fingerprint density at radius 2 is 1.59 bits per heavy atom. The van der Waals surface area contributed by atoms with Gasteiger partial charge >= 0.3 is 0 Å². The molecule has 0 aliphatic rings. The van der Waals surface area contributed by atoms with E-state index in [-0.39, 0.29) is 5.22 Å². The normalized spacial score (nSPS) is 13.0. The van der Waals surface area contributed by atoms with Crippen LogP contribution in [0.1, 0.15) is 42.8 Å². The van der Waals surface area contributed by atoms with Gasteiger partial charge in [-0.15, -0.1) is 0 Å². The highest BCUT2D eigenvalue weighted by Gasteiger charge is 2.14. The van der Waals surface area contributed by atoms with Crippen molar-refractivity contribution in [1.29, 1.82) is 0 Å². The van der Waals surface area contributed by atoms with Gasteiger partial charge in [0.25, 0.3) is 0 Å². The van der Waals surface area contributed by atoms with E-state index < -0.39 is 6.10 Å². The van der Waals surface area contributed by atoms with Crippen LogP contribution in [0.3, 0.4) is 0 Å². The highest BCUT2D eigenvalue weighted by atomic mass is 35.5. The summed E-state index contributed by atoms with van der Waals surface area (Å²) in [5.41, 5.74) is 2.05. The van der Waals surface area contributed by atoms with Crippen LogP contribution in [-0.4, -0.2) is 5.11 Å². The Morgan fingerprint density at radius 1 is 1.00 bits per heavy atom. The summed E-state index contributed by atoms with van der Waals surface area (Å²) < 4.78 is 5.19. The molecule has 90 valence electrons. The molecule has 1 N–H and O–H groups in total. The van der Waals surface area contributed by atoms with Gasteiger partial charge in [-0.1, -0.05) is 38.1 Å². The summed E-state index contributed by atoms with van der Waals surface area (Å²) in [5.74, 6) is 0.951. The number of aliphatic hydroxyl groups is 1. The second-order valence-corrected chi connectivity index (χ2v) is 4.74. The first-order valence-corrected chi connectivity index (χ1v) is 5.99. The van der Waals surface area contributed by atoms with Crippen molar-refractivity contribution < 1.29 is 9.52 Å². The summed E-state index contributed by atoms with van der Waals surface area (Å²) >= 11 is 5.68. The van der Waals surface area contributed by atoms with Crippen molar-refractivity contribution in [2.75, 3.05) is 0 Å². The molecule has 1 atom stereocenters. The Bertz CT molecular complexity index is 485. The van der Waals surface area contributed by atoms with Gasteiger partial charge in [-0.3, -0.25) is 0 Å². The minimum absolute atomic E-state index is 0.290. The summed E-state index contributed by atoms with van der Waals surface area (Å²) in [6.45, 7) is 4.27. The van der Waals surface area contributed by atoms with E-state index in [4.69, 9.17) is 16.0 Å². The summed E-state index contributed by atoms with van der Waals surface area (Å²) in [6, 6.07) is 11.2. The predicted molar refractivity (Wildman–Crippen MR) is 68.3 cm³/mol. The van der Waals surface area contributed by atoms with E-state index in [1.54, 1.807) is 12.1 Å². The van der Waals surface area contributed by atoms with Crippen LogP contribution in [0.2, 0.25) is 5.22 Å². The molecule has 2 aromatic rings. The molecule has 0 amide bonds. The standard InChI is InChI=1S/C14H15ClO2/c1-9(2)10-3-5-11(6-4-10)14(16)12-7-8-13(15)17-12/h3-9,14,16H,1-2H3.